The van der Waals surface area contributed by atoms with E-state index >= 15 is 0 Å². The van der Waals surface area contributed by atoms with Gasteiger partial charge in [0.05, 0.1) is 12.6 Å². The van der Waals surface area contributed by atoms with E-state index in [0.717, 1.165) is 24.0 Å². The molecule has 1 aromatic carbocycles. The SMILES string of the molecule is O=C(/C=C/c1ccc2c(c1)CCC2NC(CO)c1cccnc1)NO. The maximum atomic E-state index is 11.1. The third-order valence-electron chi connectivity index (χ3n) is 4.45. The van der Waals surface area contributed by atoms with Gasteiger partial charge in [-0.2, -0.15) is 0 Å². The Hall–Kier alpha value is -2.54. The number of amides is 1. The van der Waals surface area contributed by atoms with Gasteiger partial charge in [0, 0.05) is 24.5 Å². The molecule has 1 aliphatic rings. The summed E-state index contributed by atoms with van der Waals surface area (Å²) >= 11 is 0. The number of carbonyl (C=O) groups excluding carboxylic acids is 1. The van der Waals surface area contributed by atoms with Gasteiger partial charge in [0.15, 0.2) is 0 Å². The molecule has 2 unspecified atom stereocenters. The minimum Gasteiger partial charge on any atom is -0.394 e. The van der Waals surface area contributed by atoms with Gasteiger partial charge >= 0.3 is 0 Å². The molecule has 0 saturated carbocycles. The van der Waals surface area contributed by atoms with E-state index in [4.69, 9.17) is 5.21 Å². The zero-order valence-electron chi connectivity index (χ0n) is 13.7. The molecule has 1 aromatic heterocycles. The first-order valence-electron chi connectivity index (χ1n) is 8.23. The molecule has 0 spiro atoms. The van der Waals surface area contributed by atoms with E-state index in [9.17, 15) is 9.90 Å². The number of aryl methyl sites for hydroxylation is 1. The van der Waals surface area contributed by atoms with Crippen LogP contribution in [0.2, 0.25) is 0 Å². The van der Waals surface area contributed by atoms with Crippen molar-refractivity contribution in [1.82, 2.24) is 15.8 Å². The van der Waals surface area contributed by atoms with Gasteiger partial charge in [0.2, 0.25) is 0 Å². The van der Waals surface area contributed by atoms with Crippen LogP contribution in [0.3, 0.4) is 0 Å². The van der Waals surface area contributed by atoms with Crippen LogP contribution < -0.4 is 10.8 Å². The van der Waals surface area contributed by atoms with Crippen LogP contribution in [0.25, 0.3) is 6.08 Å². The molecule has 0 radical (unpaired) electrons. The predicted molar refractivity (Wildman–Crippen MR) is 93.7 cm³/mol. The Balaban J connectivity index is 1.73. The second-order valence-corrected chi connectivity index (χ2v) is 6.05. The topological polar surface area (TPSA) is 94.5 Å². The highest BCUT2D eigenvalue weighted by atomic mass is 16.5. The third-order valence-corrected chi connectivity index (χ3v) is 4.45. The fourth-order valence-electron chi connectivity index (χ4n) is 3.20. The van der Waals surface area contributed by atoms with Gasteiger partial charge in [-0.1, -0.05) is 24.3 Å². The fraction of sp³-hybridized carbons (Fsp3) is 0.263. The number of aromatic nitrogens is 1. The van der Waals surface area contributed by atoms with Crippen molar-refractivity contribution in [3.8, 4) is 0 Å². The highest BCUT2D eigenvalue weighted by molar-refractivity contribution is 5.90. The molecule has 6 nitrogen and oxygen atoms in total. The Kier molecular flexibility index (Phi) is 5.55. The van der Waals surface area contributed by atoms with E-state index in [2.05, 4.69) is 16.4 Å². The molecule has 0 bridgehead atoms. The van der Waals surface area contributed by atoms with E-state index in [1.165, 1.54) is 17.2 Å². The summed E-state index contributed by atoms with van der Waals surface area (Å²) in [5.41, 5.74) is 5.89. The van der Waals surface area contributed by atoms with Crippen molar-refractivity contribution in [3.05, 3.63) is 71.1 Å². The number of pyridine rings is 1. The van der Waals surface area contributed by atoms with Crippen LogP contribution in [0.15, 0.2) is 48.8 Å². The van der Waals surface area contributed by atoms with Crippen molar-refractivity contribution in [3.63, 3.8) is 0 Å². The smallest absolute Gasteiger partial charge is 0.267 e. The van der Waals surface area contributed by atoms with Crippen LogP contribution in [0, 0.1) is 0 Å². The van der Waals surface area contributed by atoms with Crippen molar-refractivity contribution in [2.45, 2.75) is 24.9 Å². The standard InChI is InChI=1S/C19H21N3O3/c23-12-18(15-2-1-9-20-11-15)21-17-7-5-14-10-13(3-6-16(14)17)4-8-19(24)22-25/h1-4,6,8-11,17-18,21,23,25H,5,7,12H2,(H,22,24)/b8-4+. The molecule has 1 amide bonds. The first-order chi connectivity index (χ1) is 12.2. The predicted octanol–water partition coefficient (Wildman–Crippen LogP) is 1.91. The molecule has 1 heterocycles. The molecule has 0 saturated heterocycles. The van der Waals surface area contributed by atoms with E-state index < -0.39 is 5.91 Å². The first kappa shape index (κ1) is 17.3. The van der Waals surface area contributed by atoms with E-state index in [0.29, 0.717) is 0 Å². The summed E-state index contributed by atoms with van der Waals surface area (Å²) in [5, 5.41) is 21.8. The van der Waals surface area contributed by atoms with Crippen molar-refractivity contribution < 1.29 is 15.1 Å². The number of nitrogens with zero attached hydrogens (tertiary/aromatic N) is 1. The number of aliphatic hydroxyl groups excluding tert-OH is 1. The van der Waals surface area contributed by atoms with Gasteiger partial charge in [0.25, 0.3) is 5.91 Å². The molecule has 6 heteroatoms. The van der Waals surface area contributed by atoms with Gasteiger partial charge in [-0.15, -0.1) is 0 Å². The summed E-state index contributed by atoms with van der Waals surface area (Å²) < 4.78 is 0. The van der Waals surface area contributed by atoms with Gasteiger partial charge < -0.3 is 10.4 Å². The van der Waals surface area contributed by atoms with Crippen LogP contribution in [0.1, 0.15) is 40.8 Å². The number of benzene rings is 1. The van der Waals surface area contributed by atoms with Gasteiger partial charge in [-0.05, 0) is 47.2 Å². The number of fused-ring (bicyclic) bond motifs is 1. The zero-order chi connectivity index (χ0) is 17.6. The molecule has 25 heavy (non-hydrogen) atoms. The molecule has 4 N–H and O–H groups in total. The van der Waals surface area contributed by atoms with Crippen molar-refractivity contribution >= 4 is 12.0 Å². The Bertz CT molecular complexity index is 762. The Morgan fingerprint density at radius 3 is 3.00 bits per heavy atom. The molecule has 1 aliphatic carbocycles. The normalized spacial score (nSPS) is 17.4. The summed E-state index contributed by atoms with van der Waals surface area (Å²) in [6, 6.07) is 9.88. The molecular weight excluding hydrogens is 318 g/mol. The number of nitrogens with one attached hydrogen (secondary N) is 2. The molecular formula is C19H21N3O3. The highest BCUT2D eigenvalue weighted by Gasteiger charge is 2.25. The molecule has 2 atom stereocenters. The second-order valence-electron chi connectivity index (χ2n) is 6.05. The van der Waals surface area contributed by atoms with E-state index in [1.807, 2.05) is 24.3 Å². The Labute approximate surface area is 146 Å². The molecule has 0 fully saturated rings. The summed E-state index contributed by atoms with van der Waals surface area (Å²) in [4.78, 5) is 15.2. The quantitative estimate of drug-likeness (QED) is 0.366. The number of hydroxylamine groups is 1. The van der Waals surface area contributed by atoms with Gasteiger partial charge in [-0.25, -0.2) is 5.48 Å². The average molecular weight is 339 g/mol. The van der Waals surface area contributed by atoms with Crippen LogP contribution in [0.5, 0.6) is 0 Å². The Morgan fingerprint density at radius 2 is 2.28 bits per heavy atom. The number of hydrogen-bond acceptors (Lipinski definition) is 5. The summed E-state index contributed by atoms with van der Waals surface area (Å²) in [5.74, 6) is -0.553. The molecule has 3 rings (SSSR count). The molecule has 130 valence electrons. The lowest BCUT2D eigenvalue weighted by molar-refractivity contribution is -0.124. The minimum atomic E-state index is -0.553. The number of aliphatic hydroxyl groups is 1. The molecule has 2 aromatic rings. The maximum absolute atomic E-state index is 11.1. The van der Waals surface area contributed by atoms with Gasteiger partial charge in [-0.3, -0.25) is 15.0 Å². The third kappa shape index (κ3) is 4.11. The second kappa shape index (κ2) is 8.02. The van der Waals surface area contributed by atoms with Crippen LogP contribution >= 0.6 is 0 Å². The van der Waals surface area contributed by atoms with Crippen LogP contribution in [0.4, 0.5) is 0 Å². The lowest BCUT2D eigenvalue weighted by atomic mass is 10.0. The summed E-state index contributed by atoms with van der Waals surface area (Å²) in [7, 11) is 0. The maximum Gasteiger partial charge on any atom is 0.267 e. The minimum absolute atomic E-state index is 0.00855. The summed E-state index contributed by atoms with van der Waals surface area (Å²) in [6.45, 7) is 0.00855. The number of carbonyl (C=O) groups is 1. The van der Waals surface area contributed by atoms with Crippen LogP contribution in [-0.4, -0.2) is 27.8 Å². The molecule has 0 aliphatic heterocycles. The Morgan fingerprint density at radius 1 is 1.40 bits per heavy atom. The number of rotatable bonds is 6. The number of hydrogen-bond donors (Lipinski definition) is 4. The largest absolute Gasteiger partial charge is 0.394 e. The lowest BCUT2D eigenvalue weighted by Crippen LogP contribution is -2.27. The zero-order valence-corrected chi connectivity index (χ0v) is 13.7. The fourth-order valence-corrected chi connectivity index (χ4v) is 3.20. The van der Waals surface area contributed by atoms with Crippen molar-refractivity contribution in [2.75, 3.05) is 6.61 Å². The van der Waals surface area contributed by atoms with E-state index in [1.54, 1.807) is 23.9 Å². The van der Waals surface area contributed by atoms with Crippen molar-refractivity contribution in [2.24, 2.45) is 0 Å². The average Bonchev–Trinajstić information content (AvgIpc) is 3.06. The summed E-state index contributed by atoms with van der Waals surface area (Å²) in [6.07, 6.45) is 8.33. The van der Waals surface area contributed by atoms with Gasteiger partial charge in [0.1, 0.15) is 0 Å². The first-order valence-corrected chi connectivity index (χ1v) is 8.23. The van der Waals surface area contributed by atoms with Crippen molar-refractivity contribution in [1.29, 1.82) is 0 Å². The highest BCUT2D eigenvalue weighted by Crippen LogP contribution is 2.33. The lowest BCUT2D eigenvalue weighted by Gasteiger charge is -2.22. The van der Waals surface area contributed by atoms with Crippen LogP contribution in [-0.2, 0) is 11.2 Å². The van der Waals surface area contributed by atoms with E-state index in [-0.39, 0.29) is 18.7 Å². The monoisotopic (exact) mass is 339 g/mol.